The van der Waals surface area contributed by atoms with E-state index in [0.29, 0.717) is 5.02 Å². The van der Waals surface area contributed by atoms with Gasteiger partial charge in [-0.3, -0.25) is 4.79 Å². The third-order valence-electron chi connectivity index (χ3n) is 3.28. The van der Waals surface area contributed by atoms with Crippen LogP contribution in [0.5, 0.6) is 0 Å². The number of aromatic amines is 1. The average Bonchev–Trinajstić information content (AvgIpc) is 3.02. The summed E-state index contributed by atoms with van der Waals surface area (Å²) in [5.41, 5.74) is 5.25. The summed E-state index contributed by atoms with van der Waals surface area (Å²) in [5.74, 6) is -0.225. The van der Waals surface area contributed by atoms with Gasteiger partial charge in [0.25, 0.3) is 5.91 Å². The highest BCUT2D eigenvalue weighted by molar-refractivity contribution is 6.30. The fourth-order valence-electron chi connectivity index (χ4n) is 2.11. The lowest BCUT2D eigenvalue weighted by atomic mass is 10.2. The number of nitrogens with zero attached hydrogens (tertiary/aromatic N) is 1. The zero-order valence-corrected chi connectivity index (χ0v) is 13.0. The van der Waals surface area contributed by atoms with Gasteiger partial charge in [-0.15, -0.1) is 0 Å². The van der Waals surface area contributed by atoms with Gasteiger partial charge in [0.05, 0.1) is 12.8 Å². The van der Waals surface area contributed by atoms with E-state index >= 15 is 0 Å². The van der Waals surface area contributed by atoms with E-state index < -0.39 is 0 Å². The van der Waals surface area contributed by atoms with E-state index in [1.807, 2.05) is 42.6 Å². The molecule has 0 bridgehead atoms. The van der Waals surface area contributed by atoms with Crippen molar-refractivity contribution in [1.29, 1.82) is 0 Å². The molecule has 0 saturated heterocycles. The molecule has 3 rings (SSSR count). The highest BCUT2D eigenvalue weighted by Crippen LogP contribution is 2.13. The summed E-state index contributed by atoms with van der Waals surface area (Å²) in [6.07, 6.45) is 3.50. The summed E-state index contributed by atoms with van der Waals surface area (Å²) >= 11 is 5.80. The summed E-state index contributed by atoms with van der Waals surface area (Å²) in [6, 6.07) is 15.1. The lowest BCUT2D eigenvalue weighted by Gasteiger charge is -2.05. The van der Waals surface area contributed by atoms with E-state index in [1.54, 1.807) is 18.3 Å². The molecule has 0 aliphatic heterocycles. The largest absolute Gasteiger partial charge is 0.376 e. The van der Waals surface area contributed by atoms with Gasteiger partial charge in [0.2, 0.25) is 0 Å². The first-order chi connectivity index (χ1) is 11.2. The maximum Gasteiger partial charge on any atom is 0.259 e. The van der Waals surface area contributed by atoms with Crippen molar-refractivity contribution in [3.63, 3.8) is 0 Å². The smallest absolute Gasteiger partial charge is 0.259 e. The summed E-state index contributed by atoms with van der Waals surface area (Å²) in [7, 11) is 0. The van der Waals surface area contributed by atoms with Crippen molar-refractivity contribution < 1.29 is 4.79 Å². The molecule has 0 atom stereocenters. The Kier molecular flexibility index (Phi) is 4.59. The van der Waals surface area contributed by atoms with E-state index in [9.17, 15) is 4.79 Å². The number of hydrazone groups is 1. The maximum atomic E-state index is 11.7. The molecule has 6 heteroatoms. The zero-order chi connectivity index (χ0) is 16.1. The number of carbonyl (C=O) groups excluding carboxylic acids is 1. The van der Waals surface area contributed by atoms with Gasteiger partial charge in [0.15, 0.2) is 0 Å². The summed E-state index contributed by atoms with van der Waals surface area (Å²) < 4.78 is 0. The van der Waals surface area contributed by atoms with Gasteiger partial charge in [0, 0.05) is 22.4 Å². The Bertz CT molecular complexity index is 839. The summed E-state index contributed by atoms with van der Waals surface area (Å²) in [6.45, 7) is 0.134. The van der Waals surface area contributed by atoms with Crippen molar-refractivity contribution in [3.05, 3.63) is 65.3 Å². The molecule has 1 aromatic heterocycles. The fourth-order valence-corrected chi connectivity index (χ4v) is 2.24. The van der Waals surface area contributed by atoms with E-state index in [0.717, 1.165) is 22.2 Å². The molecular weight excluding hydrogens is 312 g/mol. The average molecular weight is 327 g/mol. The van der Waals surface area contributed by atoms with Crippen LogP contribution in [0.25, 0.3) is 10.9 Å². The van der Waals surface area contributed by atoms with E-state index in [1.165, 1.54) is 0 Å². The predicted molar refractivity (Wildman–Crippen MR) is 94.0 cm³/mol. The molecular formula is C17H15ClN4O. The Morgan fingerprint density at radius 1 is 1.17 bits per heavy atom. The minimum atomic E-state index is -0.225. The standard InChI is InChI=1S/C17H15ClN4O/c18-14-3-5-15(6-4-14)20-11-17(23)22-21-10-12-1-2-13-7-8-19-16(13)9-12/h1-10,19-20H,11H2,(H,22,23). The van der Waals surface area contributed by atoms with E-state index in [2.05, 4.69) is 20.8 Å². The van der Waals surface area contributed by atoms with Crippen LogP contribution in [0.1, 0.15) is 5.56 Å². The molecule has 116 valence electrons. The second-order valence-corrected chi connectivity index (χ2v) is 5.41. The van der Waals surface area contributed by atoms with Crippen LogP contribution in [0.2, 0.25) is 5.02 Å². The first-order valence-electron chi connectivity index (χ1n) is 7.09. The summed E-state index contributed by atoms with van der Waals surface area (Å²) in [4.78, 5) is 14.9. The molecule has 0 fully saturated rings. The van der Waals surface area contributed by atoms with Crippen molar-refractivity contribution >= 4 is 40.3 Å². The van der Waals surface area contributed by atoms with Gasteiger partial charge < -0.3 is 10.3 Å². The third-order valence-corrected chi connectivity index (χ3v) is 3.53. The number of hydrogen-bond acceptors (Lipinski definition) is 3. The number of halogens is 1. The molecule has 3 aromatic rings. The Hall–Kier alpha value is -2.79. The van der Waals surface area contributed by atoms with Gasteiger partial charge in [0.1, 0.15) is 0 Å². The zero-order valence-electron chi connectivity index (χ0n) is 12.2. The molecule has 0 spiro atoms. The Morgan fingerprint density at radius 3 is 2.83 bits per heavy atom. The number of rotatable bonds is 5. The van der Waals surface area contributed by atoms with Crippen LogP contribution in [0.15, 0.2) is 59.8 Å². The van der Waals surface area contributed by atoms with Crippen molar-refractivity contribution in [2.24, 2.45) is 5.10 Å². The number of aromatic nitrogens is 1. The first kappa shape index (κ1) is 15.1. The molecule has 0 saturated carbocycles. The Labute approximate surface area is 138 Å². The molecule has 1 amide bonds. The minimum absolute atomic E-state index is 0.134. The highest BCUT2D eigenvalue weighted by Gasteiger charge is 2.00. The second kappa shape index (κ2) is 6.98. The molecule has 0 unspecified atom stereocenters. The van der Waals surface area contributed by atoms with Crippen LogP contribution in [-0.4, -0.2) is 23.7 Å². The van der Waals surface area contributed by atoms with Crippen LogP contribution in [0.3, 0.4) is 0 Å². The number of anilines is 1. The summed E-state index contributed by atoms with van der Waals surface area (Å²) in [5, 5.41) is 8.74. The number of fused-ring (bicyclic) bond motifs is 1. The fraction of sp³-hybridized carbons (Fsp3) is 0.0588. The van der Waals surface area contributed by atoms with Crippen molar-refractivity contribution in [3.8, 4) is 0 Å². The number of benzene rings is 2. The van der Waals surface area contributed by atoms with Gasteiger partial charge >= 0.3 is 0 Å². The number of H-pyrrole nitrogens is 1. The van der Waals surface area contributed by atoms with E-state index in [-0.39, 0.29) is 12.5 Å². The van der Waals surface area contributed by atoms with Gasteiger partial charge in [-0.2, -0.15) is 5.10 Å². The van der Waals surface area contributed by atoms with E-state index in [4.69, 9.17) is 11.6 Å². The molecule has 5 nitrogen and oxygen atoms in total. The Morgan fingerprint density at radius 2 is 2.00 bits per heavy atom. The maximum absolute atomic E-state index is 11.7. The van der Waals surface area contributed by atoms with Crippen LogP contribution in [-0.2, 0) is 4.79 Å². The Balaban J connectivity index is 1.50. The number of amides is 1. The van der Waals surface area contributed by atoms with Crippen molar-refractivity contribution in [1.82, 2.24) is 10.4 Å². The van der Waals surface area contributed by atoms with Gasteiger partial charge in [-0.25, -0.2) is 5.43 Å². The molecule has 0 aliphatic carbocycles. The lowest BCUT2D eigenvalue weighted by Crippen LogP contribution is -2.25. The van der Waals surface area contributed by atoms with Crippen LogP contribution >= 0.6 is 11.6 Å². The molecule has 0 aliphatic rings. The molecule has 2 aromatic carbocycles. The van der Waals surface area contributed by atoms with Crippen LogP contribution in [0.4, 0.5) is 5.69 Å². The van der Waals surface area contributed by atoms with Crippen molar-refractivity contribution in [2.45, 2.75) is 0 Å². The first-order valence-corrected chi connectivity index (χ1v) is 7.47. The minimum Gasteiger partial charge on any atom is -0.376 e. The molecule has 1 heterocycles. The molecule has 3 N–H and O–H groups in total. The number of hydrogen-bond donors (Lipinski definition) is 3. The third kappa shape index (κ3) is 4.11. The normalized spacial score (nSPS) is 11.0. The van der Waals surface area contributed by atoms with Crippen molar-refractivity contribution in [2.75, 3.05) is 11.9 Å². The molecule has 23 heavy (non-hydrogen) atoms. The van der Waals surface area contributed by atoms with Gasteiger partial charge in [-0.05, 0) is 47.3 Å². The van der Waals surface area contributed by atoms with Crippen LogP contribution < -0.4 is 10.7 Å². The number of carbonyl (C=O) groups is 1. The second-order valence-electron chi connectivity index (χ2n) is 4.98. The lowest BCUT2D eigenvalue weighted by molar-refractivity contribution is -0.119. The quantitative estimate of drug-likeness (QED) is 0.497. The monoisotopic (exact) mass is 326 g/mol. The predicted octanol–water partition coefficient (Wildman–Crippen LogP) is 3.38. The molecule has 0 radical (unpaired) electrons. The van der Waals surface area contributed by atoms with Gasteiger partial charge in [-0.1, -0.05) is 23.7 Å². The van der Waals surface area contributed by atoms with Crippen LogP contribution in [0, 0.1) is 0 Å². The SMILES string of the molecule is O=C(CNc1ccc(Cl)cc1)NN=Cc1ccc2cc[nH]c2c1. The number of nitrogens with one attached hydrogen (secondary N) is 3. The highest BCUT2D eigenvalue weighted by atomic mass is 35.5. The topological polar surface area (TPSA) is 69.3 Å².